The number of carbonyl (C=O) groups is 3. The summed E-state index contributed by atoms with van der Waals surface area (Å²) in [7, 11) is 0. The zero-order valence-electron chi connectivity index (χ0n) is 32.8. The Morgan fingerprint density at radius 2 is 1.48 bits per heavy atom. The first-order valence-electron chi connectivity index (χ1n) is 20.0. The molecule has 1 heterocycles. The van der Waals surface area contributed by atoms with Crippen LogP contribution in [0.2, 0.25) is 0 Å². The lowest BCUT2D eigenvalue weighted by atomic mass is 10.0. The van der Waals surface area contributed by atoms with Crippen LogP contribution in [0.4, 0.5) is 5.69 Å². The lowest BCUT2D eigenvalue weighted by Gasteiger charge is -2.26. The second-order valence-electron chi connectivity index (χ2n) is 14.3. The lowest BCUT2D eigenvalue weighted by molar-refractivity contribution is -0.384. The van der Waals surface area contributed by atoms with Crippen molar-refractivity contribution in [1.29, 1.82) is 0 Å². The first-order chi connectivity index (χ1) is 25.9. The van der Waals surface area contributed by atoms with Crippen molar-refractivity contribution in [3.05, 3.63) is 39.9 Å². The largest absolute Gasteiger partial charge is 0.459 e. The Hall–Kier alpha value is -2.51. The highest BCUT2D eigenvalue weighted by molar-refractivity contribution is 8.54. The zero-order chi connectivity index (χ0) is 39.6. The predicted molar refractivity (Wildman–Crippen MR) is 211 cm³/mol. The van der Waals surface area contributed by atoms with E-state index in [1.807, 2.05) is 0 Å². The topological polar surface area (TPSA) is 172 Å². The Bertz CT molecular complexity index is 1290. The minimum absolute atomic E-state index is 0.0362. The average molecular weight is 801 g/mol. The number of non-ortho nitro benzene ring substituents is 1. The fourth-order valence-electron chi connectivity index (χ4n) is 6.33. The number of rotatable bonds is 31. The normalized spacial score (nSPS) is 16.4. The van der Waals surface area contributed by atoms with Crippen molar-refractivity contribution in [2.24, 2.45) is 5.92 Å². The minimum atomic E-state index is -4.22. The van der Waals surface area contributed by atoms with E-state index in [4.69, 9.17) is 18.7 Å². The van der Waals surface area contributed by atoms with Gasteiger partial charge in [-0.05, 0) is 48.3 Å². The molecule has 15 heteroatoms. The number of hydrogen-bond donors (Lipinski definition) is 1. The Labute approximate surface area is 326 Å². The number of likely N-dealkylation sites (tertiary alicyclic amines) is 1. The number of unbranched alkanes of at least 4 members (excludes halogenated alkanes) is 15. The molecule has 1 saturated heterocycles. The second kappa shape index (κ2) is 28.0. The quantitative estimate of drug-likeness (QED) is 0.0248. The van der Waals surface area contributed by atoms with Crippen LogP contribution >= 0.6 is 18.2 Å². The molecule has 1 aromatic carbocycles. The van der Waals surface area contributed by atoms with Crippen molar-refractivity contribution < 1.29 is 47.5 Å². The Morgan fingerprint density at radius 1 is 0.926 bits per heavy atom. The second-order valence-corrected chi connectivity index (χ2v) is 18.2. The third-order valence-electron chi connectivity index (χ3n) is 9.45. The molecule has 2 unspecified atom stereocenters. The number of ether oxygens (including phenoxy) is 3. The van der Waals surface area contributed by atoms with Crippen molar-refractivity contribution in [3.63, 3.8) is 0 Å². The summed E-state index contributed by atoms with van der Waals surface area (Å²) in [5, 5.41) is 10.9. The van der Waals surface area contributed by atoms with Gasteiger partial charge in [-0.25, -0.2) is 9.36 Å². The minimum Gasteiger partial charge on any atom is -0.459 e. The van der Waals surface area contributed by atoms with E-state index in [2.05, 4.69) is 6.92 Å². The molecular weight excluding hydrogens is 735 g/mol. The molecular formula is C39H65N2O11PS. The van der Waals surface area contributed by atoms with Gasteiger partial charge < -0.3 is 24.0 Å². The fraction of sp³-hybridized carbons (Fsp3) is 0.769. The summed E-state index contributed by atoms with van der Waals surface area (Å²) in [6.45, 7) is 1.35. The summed E-state index contributed by atoms with van der Waals surface area (Å²) in [4.78, 5) is 59.9. The van der Waals surface area contributed by atoms with Gasteiger partial charge in [0, 0.05) is 43.9 Å². The van der Waals surface area contributed by atoms with Crippen LogP contribution in [-0.2, 0) is 44.3 Å². The standard InChI is InChI=1S/C39H65N2O11PS/c1-4-5-6-7-8-9-10-11-12-13-14-15-16-17-18-19-27-49-29-36(52-33(3)42)30-51-53(47,48)54-31-32(2)38(43)40-26-20-21-37(40)39(44)50-28-34-22-24-35(25-23-34)41(45)46/h22-25,32,36-37H,4-21,26-31H2,1-3H3,(H,47,48)/t32-,36?,37-/m0/s1. The van der Waals surface area contributed by atoms with Crippen LogP contribution in [-0.4, -0.2) is 76.8 Å². The van der Waals surface area contributed by atoms with Gasteiger partial charge in [0.15, 0.2) is 0 Å². The number of nitro groups is 1. The summed E-state index contributed by atoms with van der Waals surface area (Å²) in [6.07, 6.45) is 20.6. The number of nitrogens with zero attached hydrogens (tertiary/aromatic N) is 2. The SMILES string of the molecule is CCCCCCCCCCCCCCCCCCOCC(COP(=O)(O)SC[C@H](C)C(=O)N1CCC[C@H]1C(=O)OCc1ccc([N+](=O)[O-])cc1)OC(C)=O. The van der Waals surface area contributed by atoms with Crippen molar-refractivity contribution in [2.45, 2.75) is 155 Å². The van der Waals surface area contributed by atoms with E-state index in [1.165, 1.54) is 120 Å². The van der Waals surface area contributed by atoms with Crippen LogP contribution in [0.5, 0.6) is 0 Å². The highest BCUT2D eigenvalue weighted by Gasteiger charge is 2.38. The first-order valence-corrected chi connectivity index (χ1v) is 23.2. The Balaban J connectivity index is 1.60. The molecule has 54 heavy (non-hydrogen) atoms. The van der Waals surface area contributed by atoms with Crippen LogP contribution in [0.25, 0.3) is 0 Å². The van der Waals surface area contributed by atoms with Gasteiger partial charge in [-0.1, -0.05) is 110 Å². The van der Waals surface area contributed by atoms with E-state index in [1.54, 1.807) is 6.92 Å². The maximum Gasteiger partial charge on any atom is 0.386 e. The van der Waals surface area contributed by atoms with Crippen LogP contribution in [0.3, 0.4) is 0 Å². The summed E-state index contributed by atoms with van der Waals surface area (Å²) in [5.74, 6) is -2.22. The smallest absolute Gasteiger partial charge is 0.386 e. The molecule has 0 aromatic heterocycles. The molecule has 0 aliphatic carbocycles. The van der Waals surface area contributed by atoms with Crippen LogP contribution in [0.1, 0.15) is 142 Å². The summed E-state index contributed by atoms with van der Waals surface area (Å²) in [5.41, 5.74) is 0.502. The number of hydrogen-bond acceptors (Lipinski definition) is 11. The van der Waals surface area contributed by atoms with E-state index in [9.17, 15) is 34.0 Å². The van der Waals surface area contributed by atoms with Crippen LogP contribution < -0.4 is 0 Å². The first kappa shape index (κ1) is 47.6. The number of carbonyl (C=O) groups excluding carboxylic acids is 3. The molecule has 0 bridgehead atoms. The Kier molecular flexibility index (Phi) is 24.7. The number of esters is 2. The van der Waals surface area contributed by atoms with E-state index in [-0.39, 0.29) is 37.2 Å². The number of nitro benzene ring substituents is 1. The van der Waals surface area contributed by atoms with Crippen molar-refractivity contribution in [3.8, 4) is 0 Å². The van der Waals surface area contributed by atoms with Gasteiger partial charge in [0.05, 0.1) is 18.1 Å². The molecule has 0 spiro atoms. The fourth-order valence-corrected chi connectivity index (χ4v) is 8.96. The third kappa shape index (κ3) is 21.0. The van der Waals surface area contributed by atoms with Gasteiger partial charge >= 0.3 is 18.7 Å². The van der Waals surface area contributed by atoms with Gasteiger partial charge in [0.1, 0.15) is 18.8 Å². The molecule has 2 rings (SSSR count). The van der Waals surface area contributed by atoms with E-state index in [0.29, 0.717) is 42.9 Å². The predicted octanol–water partition coefficient (Wildman–Crippen LogP) is 9.33. The van der Waals surface area contributed by atoms with E-state index < -0.39 is 41.7 Å². The lowest BCUT2D eigenvalue weighted by Crippen LogP contribution is -2.44. The van der Waals surface area contributed by atoms with Crippen LogP contribution in [0.15, 0.2) is 24.3 Å². The van der Waals surface area contributed by atoms with Gasteiger partial charge in [-0.15, -0.1) is 0 Å². The monoisotopic (exact) mass is 800 g/mol. The summed E-state index contributed by atoms with van der Waals surface area (Å²) in [6, 6.07) is 4.86. The molecule has 1 amide bonds. The maximum atomic E-state index is 13.2. The number of amides is 1. The molecule has 13 nitrogen and oxygen atoms in total. The van der Waals surface area contributed by atoms with Crippen molar-refractivity contribution in [2.75, 3.05) is 32.1 Å². The highest BCUT2D eigenvalue weighted by Crippen LogP contribution is 2.56. The Morgan fingerprint density at radius 3 is 2.02 bits per heavy atom. The summed E-state index contributed by atoms with van der Waals surface area (Å²) >= 11 is 0.602. The molecule has 1 aromatic rings. The molecule has 0 radical (unpaired) electrons. The molecule has 1 N–H and O–H groups in total. The highest BCUT2D eigenvalue weighted by atomic mass is 32.7. The van der Waals surface area contributed by atoms with E-state index in [0.717, 1.165) is 19.3 Å². The maximum absolute atomic E-state index is 13.2. The number of benzene rings is 1. The molecule has 1 fully saturated rings. The molecule has 308 valence electrons. The van der Waals surface area contributed by atoms with Gasteiger partial charge in [0.2, 0.25) is 5.91 Å². The molecule has 1 aliphatic rings. The third-order valence-corrected chi connectivity index (χ3v) is 12.6. The molecule has 0 saturated carbocycles. The molecule has 1 aliphatic heterocycles. The zero-order valence-corrected chi connectivity index (χ0v) is 34.5. The van der Waals surface area contributed by atoms with Gasteiger partial charge in [-0.3, -0.25) is 24.2 Å². The average Bonchev–Trinajstić information content (AvgIpc) is 3.64. The molecule has 4 atom stereocenters. The summed E-state index contributed by atoms with van der Waals surface area (Å²) < 4.78 is 34.4. The van der Waals surface area contributed by atoms with Gasteiger partial charge in [0.25, 0.3) is 5.69 Å². The van der Waals surface area contributed by atoms with Crippen molar-refractivity contribution >= 4 is 41.7 Å². The van der Waals surface area contributed by atoms with Crippen LogP contribution in [0, 0.1) is 16.0 Å². The van der Waals surface area contributed by atoms with Gasteiger partial charge in [-0.2, -0.15) is 0 Å². The van der Waals surface area contributed by atoms with Crippen molar-refractivity contribution in [1.82, 2.24) is 4.90 Å². The van der Waals surface area contributed by atoms with E-state index >= 15 is 0 Å².